The Balaban J connectivity index is 1.85. The zero-order chi connectivity index (χ0) is 14.4. The predicted octanol–water partition coefficient (Wildman–Crippen LogP) is 2.79. The molecule has 3 heteroatoms. The summed E-state index contributed by atoms with van der Waals surface area (Å²) < 4.78 is 5.19. The first-order valence-electron chi connectivity index (χ1n) is 7.56. The predicted molar refractivity (Wildman–Crippen MR) is 81.2 cm³/mol. The molecule has 3 nitrogen and oxygen atoms in total. The van der Waals surface area contributed by atoms with Crippen LogP contribution in [0.1, 0.15) is 35.7 Å². The minimum atomic E-state index is 0.228. The molecule has 1 unspecified atom stereocenters. The molecule has 0 saturated carbocycles. The maximum atomic E-state index is 12.3. The molecule has 0 radical (unpaired) electrons. The number of ether oxygens (including phenoxy) is 1. The Morgan fingerprint density at radius 2 is 2.10 bits per heavy atom. The molecule has 1 heterocycles. The Hall–Kier alpha value is -1.19. The van der Waals surface area contributed by atoms with Crippen LogP contribution in [0.25, 0.3) is 0 Å². The van der Waals surface area contributed by atoms with E-state index in [9.17, 15) is 4.79 Å². The van der Waals surface area contributed by atoms with Crippen molar-refractivity contribution in [1.82, 2.24) is 4.90 Å². The number of methoxy groups -OCH3 is 1. The molecule has 20 heavy (non-hydrogen) atoms. The van der Waals surface area contributed by atoms with Crippen LogP contribution in [0.4, 0.5) is 0 Å². The number of rotatable bonds is 7. The molecule has 1 aliphatic heterocycles. The van der Waals surface area contributed by atoms with E-state index >= 15 is 0 Å². The highest BCUT2D eigenvalue weighted by molar-refractivity contribution is 5.97. The van der Waals surface area contributed by atoms with E-state index in [2.05, 4.69) is 24.0 Å². The molecule has 110 valence electrons. The summed E-state index contributed by atoms with van der Waals surface area (Å²) in [7, 11) is 1.74. The van der Waals surface area contributed by atoms with Crippen LogP contribution in [0.3, 0.4) is 0 Å². The summed E-state index contributed by atoms with van der Waals surface area (Å²) in [5.74, 6) is 0.811. The molecule has 1 aliphatic rings. The third-order valence-corrected chi connectivity index (χ3v) is 3.95. The second kappa shape index (κ2) is 7.55. The molecule has 1 fully saturated rings. The fraction of sp³-hybridized carbons (Fsp3) is 0.588. The summed E-state index contributed by atoms with van der Waals surface area (Å²) in [6, 6.07) is 8.09. The van der Waals surface area contributed by atoms with Crippen LogP contribution in [0.2, 0.25) is 0 Å². The molecule has 1 saturated heterocycles. The van der Waals surface area contributed by atoms with E-state index in [0.29, 0.717) is 12.5 Å². The van der Waals surface area contributed by atoms with Crippen molar-refractivity contribution < 1.29 is 9.53 Å². The lowest BCUT2D eigenvalue weighted by molar-refractivity contribution is 0.0937. The molecule has 1 aromatic rings. The Labute approximate surface area is 121 Å². The van der Waals surface area contributed by atoms with E-state index in [1.807, 2.05) is 12.1 Å². The Kier molecular flexibility index (Phi) is 5.74. The van der Waals surface area contributed by atoms with Crippen LogP contribution in [0.5, 0.6) is 0 Å². The zero-order valence-corrected chi connectivity index (χ0v) is 12.6. The highest BCUT2D eigenvalue weighted by atomic mass is 16.5. The number of likely N-dealkylation sites (tertiary alicyclic amines) is 1. The molecular weight excluding hydrogens is 250 g/mol. The van der Waals surface area contributed by atoms with E-state index in [1.165, 1.54) is 5.56 Å². The molecule has 0 amide bonds. The van der Waals surface area contributed by atoms with Gasteiger partial charge in [0.1, 0.15) is 0 Å². The summed E-state index contributed by atoms with van der Waals surface area (Å²) in [5.41, 5.74) is 2.14. The van der Waals surface area contributed by atoms with Crippen molar-refractivity contribution in [2.24, 2.45) is 5.92 Å². The first-order chi connectivity index (χ1) is 9.72. The molecule has 1 aromatic carbocycles. The van der Waals surface area contributed by atoms with Gasteiger partial charge in [0.2, 0.25) is 0 Å². The molecule has 0 aromatic heterocycles. The fourth-order valence-corrected chi connectivity index (χ4v) is 2.87. The van der Waals surface area contributed by atoms with Gasteiger partial charge < -0.3 is 4.74 Å². The quantitative estimate of drug-likeness (QED) is 0.717. The van der Waals surface area contributed by atoms with Crippen LogP contribution < -0.4 is 0 Å². The fourth-order valence-electron chi connectivity index (χ4n) is 2.87. The highest BCUT2D eigenvalue weighted by Crippen LogP contribution is 2.17. The van der Waals surface area contributed by atoms with E-state index in [0.717, 1.165) is 44.5 Å². The van der Waals surface area contributed by atoms with Crippen molar-refractivity contribution in [2.45, 2.75) is 26.2 Å². The number of hydrogen-bond donors (Lipinski definition) is 0. The Morgan fingerprint density at radius 3 is 2.75 bits per heavy atom. The number of hydrogen-bond acceptors (Lipinski definition) is 3. The molecule has 0 spiro atoms. The minimum Gasteiger partial charge on any atom is -0.384 e. The number of aryl methyl sites for hydroxylation is 1. The molecular formula is C17H25NO2. The second-order valence-electron chi connectivity index (χ2n) is 5.72. The summed E-state index contributed by atoms with van der Waals surface area (Å²) in [4.78, 5) is 14.5. The lowest BCUT2D eigenvalue weighted by atomic mass is 10.1. The summed E-state index contributed by atoms with van der Waals surface area (Å²) in [6.07, 6.45) is 3.36. The van der Waals surface area contributed by atoms with Crippen molar-refractivity contribution in [3.8, 4) is 0 Å². The normalized spacial score (nSPS) is 19.4. The Bertz CT molecular complexity index is 427. The maximum absolute atomic E-state index is 12.3. The van der Waals surface area contributed by atoms with Crippen molar-refractivity contribution >= 4 is 5.78 Å². The van der Waals surface area contributed by atoms with Gasteiger partial charge in [0.25, 0.3) is 0 Å². The summed E-state index contributed by atoms with van der Waals surface area (Å²) in [5, 5.41) is 0. The third-order valence-electron chi connectivity index (χ3n) is 3.95. The van der Waals surface area contributed by atoms with E-state index in [4.69, 9.17) is 4.74 Å². The smallest absolute Gasteiger partial charge is 0.176 e. The number of carbonyl (C=O) groups is 1. The van der Waals surface area contributed by atoms with Gasteiger partial charge in [-0.25, -0.2) is 0 Å². The molecule has 0 bridgehead atoms. The SMILES string of the molecule is CCCc1ccc(C(=O)CN2CCC(COC)C2)cc1. The van der Waals surface area contributed by atoms with Gasteiger partial charge in [0.05, 0.1) is 13.2 Å². The lowest BCUT2D eigenvalue weighted by Crippen LogP contribution is -2.28. The van der Waals surface area contributed by atoms with Gasteiger partial charge in [0, 0.05) is 19.2 Å². The van der Waals surface area contributed by atoms with E-state index in [1.54, 1.807) is 7.11 Å². The summed E-state index contributed by atoms with van der Waals surface area (Å²) in [6.45, 7) is 5.49. The van der Waals surface area contributed by atoms with Crippen LogP contribution in [0.15, 0.2) is 24.3 Å². The average molecular weight is 275 g/mol. The van der Waals surface area contributed by atoms with Gasteiger partial charge in [-0.1, -0.05) is 37.6 Å². The van der Waals surface area contributed by atoms with Gasteiger partial charge in [0.15, 0.2) is 5.78 Å². The standard InChI is InChI=1S/C17H25NO2/c1-3-4-14-5-7-16(8-6-14)17(19)12-18-10-9-15(11-18)13-20-2/h5-8,15H,3-4,9-13H2,1-2H3. The molecule has 1 atom stereocenters. The highest BCUT2D eigenvalue weighted by Gasteiger charge is 2.24. The van der Waals surface area contributed by atoms with Gasteiger partial charge in [-0.3, -0.25) is 9.69 Å². The van der Waals surface area contributed by atoms with Gasteiger partial charge in [-0.2, -0.15) is 0 Å². The molecule has 0 aliphatic carbocycles. The first kappa shape index (κ1) is 15.2. The number of benzene rings is 1. The van der Waals surface area contributed by atoms with Crippen LogP contribution >= 0.6 is 0 Å². The number of ketones is 1. The van der Waals surface area contributed by atoms with Crippen molar-refractivity contribution in [3.63, 3.8) is 0 Å². The van der Waals surface area contributed by atoms with Crippen LogP contribution in [0, 0.1) is 5.92 Å². The first-order valence-corrected chi connectivity index (χ1v) is 7.56. The largest absolute Gasteiger partial charge is 0.384 e. The average Bonchev–Trinajstić information content (AvgIpc) is 2.88. The maximum Gasteiger partial charge on any atom is 0.176 e. The number of nitrogens with zero attached hydrogens (tertiary/aromatic N) is 1. The van der Waals surface area contributed by atoms with Crippen LogP contribution in [-0.4, -0.2) is 44.0 Å². The van der Waals surface area contributed by atoms with E-state index < -0.39 is 0 Å². The van der Waals surface area contributed by atoms with Crippen molar-refractivity contribution in [3.05, 3.63) is 35.4 Å². The monoisotopic (exact) mass is 275 g/mol. The lowest BCUT2D eigenvalue weighted by Gasteiger charge is -2.15. The summed E-state index contributed by atoms with van der Waals surface area (Å²) >= 11 is 0. The number of Topliss-reactive ketones (excluding diaryl/α,β-unsaturated/α-hetero) is 1. The Morgan fingerprint density at radius 1 is 1.35 bits per heavy atom. The topological polar surface area (TPSA) is 29.5 Å². The minimum absolute atomic E-state index is 0.228. The third kappa shape index (κ3) is 4.15. The van der Waals surface area contributed by atoms with Crippen molar-refractivity contribution in [1.29, 1.82) is 0 Å². The van der Waals surface area contributed by atoms with Crippen molar-refractivity contribution in [2.75, 3.05) is 33.4 Å². The second-order valence-corrected chi connectivity index (χ2v) is 5.72. The van der Waals surface area contributed by atoms with E-state index in [-0.39, 0.29) is 5.78 Å². The molecule has 2 rings (SSSR count). The van der Waals surface area contributed by atoms with Crippen LogP contribution in [-0.2, 0) is 11.2 Å². The zero-order valence-electron chi connectivity index (χ0n) is 12.6. The number of carbonyl (C=O) groups excluding carboxylic acids is 1. The van der Waals surface area contributed by atoms with Gasteiger partial charge in [-0.15, -0.1) is 0 Å². The molecule has 0 N–H and O–H groups in total. The van der Waals surface area contributed by atoms with Gasteiger partial charge >= 0.3 is 0 Å². The van der Waals surface area contributed by atoms with Gasteiger partial charge in [-0.05, 0) is 30.9 Å².